The van der Waals surface area contributed by atoms with Gasteiger partial charge in [0.15, 0.2) is 0 Å². The molecule has 1 aliphatic rings. The van der Waals surface area contributed by atoms with Crippen molar-refractivity contribution in [1.82, 2.24) is 19.6 Å². The predicted molar refractivity (Wildman–Crippen MR) is 229 cm³/mol. The first kappa shape index (κ1) is 45.4. The van der Waals surface area contributed by atoms with Crippen LogP contribution in [0.2, 0.25) is 0 Å². The first-order chi connectivity index (χ1) is 27.7. The fourth-order valence-electron chi connectivity index (χ4n) is 6.68. The van der Waals surface area contributed by atoms with Gasteiger partial charge in [0, 0.05) is 90.7 Å². The highest BCUT2D eigenvalue weighted by Crippen LogP contribution is 2.28. The average molecular weight is 801 g/mol. The van der Waals surface area contributed by atoms with E-state index >= 15 is 0 Å². The molecule has 0 radical (unpaired) electrons. The first-order valence-electron chi connectivity index (χ1n) is 20.4. The fraction of sp³-hybridized carbons (Fsp3) is 0.511. The molecule has 0 bridgehead atoms. The molecule has 4 amide bonds. The number of likely N-dealkylation sites (tertiary alicyclic amines) is 1. The second kappa shape index (κ2) is 22.6. The summed E-state index contributed by atoms with van der Waals surface area (Å²) in [6.07, 6.45) is 4.26. The van der Waals surface area contributed by atoms with Crippen molar-refractivity contribution < 1.29 is 33.4 Å². The molecule has 3 aromatic rings. The van der Waals surface area contributed by atoms with Gasteiger partial charge in [0.1, 0.15) is 17.5 Å². The van der Waals surface area contributed by atoms with Crippen molar-refractivity contribution in [3.63, 3.8) is 0 Å². The molecule has 58 heavy (non-hydrogen) atoms. The van der Waals surface area contributed by atoms with E-state index in [4.69, 9.17) is 14.2 Å². The third-order valence-electron chi connectivity index (χ3n) is 10.1. The van der Waals surface area contributed by atoms with Crippen LogP contribution in [0.1, 0.15) is 76.1 Å². The zero-order valence-corrected chi connectivity index (χ0v) is 35.6. The first-order valence-corrected chi connectivity index (χ1v) is 20.4. The van der Waals surface area contributed by atoms with E-state index in [9.17, 15) is 19.2 Å². The number of nitrogens with zero attached hydrogens (tertiary/aromatic N) is 4. The average Bonchev–Trinajstić information content (AvgIpc) is 3.21. The van der Waals surface area contributed by atoms with Gasteiger partial charge in [-0.2, -0.15) is 0 Å². The van der Waals surface area contributed by atoms with E-state index in [0.717, 1.165) is 80.8 Å². The van der Waals surface area contributed by atoms with Crippen LogP contribution in [0.5, 0.6) is 5.75 Å². The minimum absolute atomic E-state index is 0.142. The van der Waals surface area contributed by atoms with Crippen molar-refractivity contribution in [3.05, 3.63) is 78.4 Å². The number of para-hydroxylation sites is 1. The van der Waals surface area contributed by atoms with Gasteiger partial charge in [-0.1, -0.05) is 55.0 Å². The number of hydrogen-bond acceptors (Lipinski definition) is 9. The molecule has 3 aromatic carbocycles. The Morgan fingerprint density at radius 2 is 1.48 bits per heavy atom. The number of carbonyl (C=O) groups excluding carboxylic acids is 4. The quantitative estimate of drug-likeness (QED) is 0.116. The second-order valence-corrected chi connectivity index (χ2v) is 15.9. The van der Waals surface area contributed by atoms with Crippen LogP contribution >= 0.6 is 0 Å². The summed E-state index contributed by atoms with van der Waals surface area (Å²) in [4.78, 5) is 58.3. The van der Waals surface area contributed by atoms with Crippen LogP contribution in [0.4, 0.5) is 21.0 Å². The fourth-order valence-corrected chi connectivity index (χ4v) is 6.68. The molecular formula is C45H64N6O7. The Balaban J connectivity index is 1.07. The molecule has 2 N–H and O–H groups in total. The van der Waals surface area contributed by atoms with E-state index in [2.05, 4.69) is 15.5 Å². The summed E-state index contributed by atoms with van der Waals surface area (Å²) in [5.41, 5.74) is 3.46. The number of amides is 4. The van der Waals surface area contributed by atoms with Gasteiger partial charge in [0.25, 0.3) is 5.91 Å². The molecule has 1 aliphatic heterocycles. The number of ether oxygens (including phenoxy) is 3. The number of likely N-dealkylation sites (N-methyl/N-ethyl adjacent to an activating group) is 1. The van der Waals surface area contributed by atoms with Gasteiger partial charge in [0.05, 0.1) is 18.4 Å². The van der Waals surface area contributed by atoms with Crippen LogP contribution in [0.25, 0.3) is 11.1 Å². The molecular weight excluding hydrogens is 737 g/mol. The molecule has 13 nitrogen and oxygen atoms in total. The molecule has 0 aromatic heterocycles. The van der Waals surface area contributed by atoms with Gasteiger partial charge in [-0.3, -0.25) is 14.9 Å². The topological polar surface area (TPSA) is 133 Å². The largest absolute Gasteiger partial charge is 0.496 e. The molecule has 13 heteroatoms. The zero-order chi connectivity index (χ0) is 42.1. The second-order valence-electron chi connectivity index (χ2n) is 15.9. The van der Waals surface area contributed by atoms with Gasteiger partial charge in [0.2, 0.25) is 5.91 Å². The highest BCUT2D eigenvalue weighted by molar-refractivity contribution is 5.97. The van der Waals surface area contributed by atoms with Gasteiger partial charge in [-0.25, -0.2) is 9.59 Å². The zero-order valence-electron chi connectivity index (χ0n) is 35.6. The summed E-state index contributed by atoms with van der Waals surface area (Å²) in [6, 6.07) is 23.1. The van der Waals surface area contributed by atoms with Crippen molar-refractivity contribution in [2.75, 3.05) is 84.7 Å². The van der Waals surface area contributed by atoms with Crippen molar-refractivity contribution in [2.45, 2.75) is 77.4 Å². The van der Waals surface area contributed by atoms with E-state index in [1.807, 2.05) is 99.4 Å². The molecule has 0 atom stereocenters. The molecule has 1 fully saturated rings. The van der Waals surface area contributed by atoms with Gasteiger partial charge >= 0.3 is 12.2 Å². The van der Waals surface area contributed by atoms with Crippen LogP contribution in [0, 0.1) is 0 Å². The number of nitrogens with one attached hydrogen (secondary N) is 2. The molecule has 316 valence electrons. The lowest BCUT2D eigenvalue weighted by atomic mass is 10.0. The molecule has 0 spiro atoms. The van der Waals surface area contributed by atoms with E-state index in [1.54, 1.807) is 32.2 Å². The van der Waals surface area contributed by atoms with Crippen LogP contribution in [-0.4, -0.2) is 129 Å². The van der Waals surface area contributed by atoms with Gasteiger partial charge < -0.3 is 39.1 Å². The van der Waals surface area contributed by atoms with Crippen molar-refractivity contribution in [1.29, 1.82) is 0 Å². The molecule has 1 saturated heterocycles. The number of rotatable bonds is 19. The molecule has 4 rings (SSSR count). The molecule has 1 heterocycles. The highest BCUT2D eigenvalue weighted by atomic mass is 16.6. The van der Waals surface area contributed by atoms with Crippen molar-refractivity contribution in [2.24, 2.45) is 0 Å². The minimum atomic E-state index is -0.560. The van der Waals surface area contributed by atoms with Gasteiger partial charge in [-0.15, -0.1) is 0 Å². The normalized spacial score (nSPS) is 13.3. The third kappa shape index (κ3) is 14.9. The van der Waals surface area contributed by atoms with Crippen LogP contribution in [0.3, 0.4) is 0 Å². The predicted octanol–water partition coefficient (Wildman–Crippen LogP) is 7.84. The Morgan fingerprint density at radius 1 is 0.793 bits per heavy atom. The number of benzene rings is 3. The summed E-state index contributed by atoms with van der Waals surface area (Å²) < 4.78 is 16.7. The Hall–Kier alpha value is -5.30. The monoisotopic (exact) mass is 800 g/mol. The summed E-state index contributed by atoms with van der Waals surface area (Å²) in [7, 11) is 6.84. The third-order valence-corrected chi connectivity index (χ3v) is 10.1. The van der Waals surface area contributed by atoms with Crippen LogP contribution in [-0.2, 0) is 14.3 Å². The molecule has 0 saturated carbocycles. The van der Waals surface area contributed by atoms with Crippen molar-refractivity contribution in [3.8, 4) is 16.9 Å². The lowest BCUT2D eigenvalue weighted by molar-refractivity contribution is -0.130. The number of unbranched alkanes of at least 4 members (excludes halogenated alkanes) is 2. The smallest absolute Gasteiger partial charge is 0.411 e. The summed E-state index contributed by atoms with van der Waals surface area (Å²) in [5.74, 6) is 0.475. The van der Waals surface area contributed by atoms with E-state index in [-0.39, 0.29) is 24.0 Å². The Labute approximate surface area is 345 Å². The molecule has 0 unspecified atom stereocenters. The maximum Gasteiger partial charge on any atom is 0.411 e. The number of carbonyl (C=O) groups is 4. The number of methoxy groups -OCH3 is 1. The number of anilines is 2. The van der Waals surface area contributed by atoms with Crippen molar-refractivity contribution >= 4 is 35.4 Å². The molecule has 0 aliphatic carbocycles. The Kier molecular flexibility index (Phi) is 17.7. The SMILES string of the molecule is COc1cc(NCCCCCC(=O)N(C)CCN2CCC(OC(=O)Nc3ccccc3-c3ccccc3)CC2)ccc1C(=O)N(C)CCCN(C)C(=O)OC(C)(C)C. The van der Waals surface area contributed by atoms with E-state index < -0.39 is 11.7 Å². The van der Waals surface area contributed by atoms with Gasteiger partial charge in [-0.05, 0) is 76.6 Å². The Morgan fingerprint density at radius 3 is 2.19 bits per heavy atom. The standard InChI is InChI=1S/C45H64N6O7/c1-45(2,3)58-44(55)50(6)28-16-27-49(5)42(53)38-23-22-35(33-40(38)56-7)46-26-15-9-12-21-41(52)48(4)31-32-51-29-24-36(25-30-51)57-43(54)47-39-20-14-13-19-37(39)34-17-10-8-11-18-34/h8,10-11,13-14,17-20,22-23,33,36,46H,9,12,15-16,21,24-32H2,1-7H3,(H,47,54). The summed E-state index contributed by atoms with van der Waals surface area (Å²) >= 11 is 0. The minimum Gasteiger partial charge on any atom is -0.496 e. The van der Waals surface area contributed by atoms with Crippen LogP contribution in [0.15, 0.2) is 72.8 Å². The number of hydrogen-bond donors (Lipinski definition) is 2. The van der Waals surface area contributed by atoms with E-state index in [1.165, 1.54) is 4.90 Å². The summed E-state index contributed by atoms with van der Waals surface area (Å²) in [5, 5.41) is 6.33. The maximum absolute atomic E-state index is 13.2. The van der Waals surface area contributed by atoms with E-state index in [0.29, 0.717) is 43.8 Å². The summed E-state index contributed by atoms with van der Waals surface area (Å²) in [6.45, 7) is 10.2. The number of piperidine rings is 1. The van der Waals surface area contributed by atoms with Crippen LogP contribution < -0.4 is 15.4 Å². The Bertz CT molecular complexity index is 1770. The maximum atomic E-state index is 13.2. The lowest BCUT2D eigenvalue weighted by Crippen LogP contribution is -2.42. The lowest BCUT2D eigenvalue weighted by Gasteiger charge is -2.32. The highest BCUT2D eigenvalue weighted by Gasteiger charge is 2.24.